The van der Waals surface area contributed by atoms with E-state index in [0.29, 0.717) is 0 Å². The second kappa shape index (κ2) is 19.3. The molecule has 0 saturated carbocycles. The van der Waals surface area contributed by atoms with Crippen LogP contribution in [0.5, 0.6) is 0 Å². The number of ketones is 3. The van der Waals surface area contributed by atoms with E-state index in [4.69, 9.17) is 29.3 Å². The van der Waals surface area contributed by atoms with Gasteiger partial charge in [0.05, 0.1) is 19.8 Å². The van der Waals surface area contributed by atoms with E-state index >= 15 is 0 Å². The number of hydrogen-bond acceptors (Lipinski definition) is 13. The van der Waals surface area contributed by atoms with E-state index in [2.05, 4.69) is 14.7 Å². The van der Waals surface area contributed by atoms with Gasteiger partial charge in [0.1, 0.15) is 18.3 Å². The molecule has 3 atom stereocenters. The molecule has 13 nitrogen and oxygen atoms in total. The molecule has 3 unspecified atom stereocenters. The van der Waals surface area contributed by atoms with Crippen molar-refractivity contribution < 1.29 is 63.0 Å². The summed E-state index contributed by atoms with van der Waals surface area (Å²) in [4.78, 5) is 47.7. The van der Waals surface area contributed by atoms with Gasteiger partial charge < -0.3 is 0 Å². The highest BCUT2D eigenvalue weighted by atomic mass is 31.2. The van der Waals surface area contributed by atoms with Crippen LogP contribution in [0.25, 0.3) is 0 Å². The van der Waals surface area contributed by atoms with E-state index < -0.39 is 63.3 Å². The van der Waals surface area contributed by atoms with E-state index in [9.17, 15) is 18.9 Å². The van der Waals surface area contributed by atoms with E-state index in [1.54, 1.807) is 20.8 Å². The predicted octanol–water partition coefficient (Wildman–Crippen LogP) is 3.32. The van der Waals surface area contributed by atoms with Crippen molar-refractivity contribution in [2.75, 3.05) is 19.8 Å². The molecule has 0 rings (SSSR count). The third kappa shape index (κ3) is 15.7. The maximum absolute atomic E-state index is 13.1. The number of hydrogen-bond donors (Lipinski definition) is 3. The lowest BCUT2D eigenvalue weighted by Crippen LogP contribution is -2.26. The first-order valence-corrected chi connectivity index (χ1v) is 12.0. The zero-order chi connectivity index (χ0) is 26.7. The van der Waals surface area contributed by atoms with Crippen molar-refractivity contribution >= 4 is 25.2 Å². The van der Waals surface area contributed by atoms with Crippen LogP contribution in [0, 0.1) is 0 Å². The highest BCUT2D eigenvalue weighted by Crippen LogP contribution is 2.50. The van der Waals surface area contributed by atoms with Crippen LogP contribution >= 0.6 is 7.82 Å². The maximum atomic E-state index is 13.1. The molecule has 14 heteroatoms. The molecule has 0 fully saturated rings. The zero-order valence-electron chi connectivity index (χ0n) is 19.8. The van der Waals surface area contributed by atoms with Gasteiger partial charge in [-0.25, -0.2) is 19.2 Å². The van der Waals surface area contributed by atoms with Gasteiger partial charge in [-0.05, 0) is 39.0 Å². The third-order valence-corrected chi connectivity index (χ3v) is 5.44. The second-order valence-electron chi connectivity index (χ2n) is 7.03. The highest BCUT2D eigenvalue weighted by Gasteiger charge is 2.33. The van der Waals surface area contributed by atoms with Crippen molar-refractivity contribution in [2.24, 2.45) is 0 Å². The number of carbonyl (C=O) groups is 3. The fourth-order valence-corrected chi connectivity index (χ4v) is 3.72. The van der Waals surface area contributed by atoms with Gasteiger partial charge in [-0.1, -0.05) is 18.2 Å². The molecule has 0 spiro atoms. The first-order valence-electron chi connectivity index (χ1n) is 10.6. The molecule has 0 aliphatic rings. The summed E-state index contributed by atoms with van der Waals surface area (Å²) in [6.07, 6.45) is 3.38. The molecule has 35 heavy (non-hydrogen) atoms. The third-order valence-electron chi connectivity index (χ3n) is 4.05. The Kier molecular flexibility index (Phi) is 18.3. The molecular formula is C21H33O13P. The Bertz CT molecular complexity index is 677. The molecule has 200 valence electrons. The van der Waals surface area contributed by atoms with E-state index in [0.717, 1.165) is 0 Å². The number of allylic oxidation sites excluding steroid dienone is 6. The fraction of sp³-hybridized carbons (Fsp3) is 0.571. The molecule has 3 N–H and O–H groups in total. The van der Waals surface area contributed by atoms with Gasteiger partial charge in [0.25, 0.3) is 0 Å². The Morgan fingerprint density at radius 3 is 1.09 bits per heavy atom. The standard InChI is InChI=1S/C21H33O13P/c1-4-7-16(22)10-19(32-25)13-29-35(28,30-14-20(33-26)11-17(23)8-5-2)31-15-21(34-27)12-18(24)9-6-3/h4-9,19-21,25-27H,10-15H2,1-3H3. The number of phosphoric acid groups is 1. The van der Waals surface area contributed by atoms with Gasteiger partial charge in [0, 0.05) is 19.3 Å². The molecule has 0 saturated heterocycles. The molecule has 0 heterocycles. The Balaban J connectivity index is 5.39. The Labute approximate surface area is 203 Å². The zero-order valence-corrected chi connectivity index (χ0v) is 20.7. The molecule has 0 aromatic rings. The average molecular weight is 524 g/mol. The summed E-state index contributed by atoms with van der Waals surface area (Å²) in [6.45, 7) is 2.92. The Morgan fingerprint density at radius 2 is 0.886 bits per heavy atom. The Hall–Kier alpha value is -1.90. The van der Waals surface area contributed by atoms with Crippen LogP contribution in [0.15, 0.2) is 36.5 Å². The number of phosphoric ester groups is 1. The lowest BCUT2D eigenvalue weighted by atomic mass is 10.2. The summed E-state index contributed by atoms with van der Waals surface area (Å²) in [7, 11) is -4.56. The minimum Gasteiger partial charge on any atom is -0.295 e. The number of rotatable bonds is 21. The maximum Gasteiger partial charge on any atom is 0.475 e. The van der Waals surface area contributed by atoms with Crippen molar-refractivity contribution in [3.63, 3.8) is 0 Å². The van der Waals surface area contributed by atoms with E-state index in [1.807, 2.05) is 0 Å². The van der Waals surface area contributed by atoms with Crippen LogP contribution < -0.4 is 0 Å². The summed E-state index contributed by atoms with van der Waals surface area (Å²) in [5, 5.41) is 27.1. The lowest BCUT2D eigenvalue weighted by molar-refractivity contribution is -0.288. The normalized spacial score (nSPS) is 16.5. The minimum atomic E-state index is -4.56. The number of carbonyl (C=O) groups excluding carboxylic acids is 3. The van der Waals surface area contributed by atoms with Gasteiger partial charge in [-0.2, -0.15) is 0 Å². The van der Waals surface area contributed by atoms with Gasteiger partial charge in [0.2, 0.25) is 0 Å². The van der Waals surface area contributed by atoms with Gasteiger partial charge in [-0.3, -0.25) is 43.7 Å². The summed E-state index contributed by atoms with van der Waals surface area (Å²) in [5.41, 5.74) is 0. The molecule has 0 aliphatic heterocycles. The molecule has 0 radical (unpaired) electrons. The van der Waals surface area contributed by atoms with Crippen molar-refractivity contribution in [3.05, 3.63) is 36.5 Å². The Morgan fingerprint density at radius 1 is 0.629 bits per heavy atom. The topological polar surface area (TPSA) is 184 Å². The lowest BCUT2D eigenvalue weighted by Gasteiger charge is -2.23. The second-order valence-corrected chi connectivity index (χ2v) is 8.70. The highest BCUT2D eigenvalue weighted by molar-refractivity contribution is 7.48. The van der Waals surface area contributed by atoms with Crippen LogP contribution in [0.3, 0.4) is 0 Å². The molecular weight excluding hydrogens is 491 g/mol. The van der Waals surface area contributed by atoms with E-state index in [-0.39, 0.29) is 19.3 Å². The molecule has 0 aromatic heterocycles. The van der Waals surface area contributed by atoms with Gasteiger partial charge in [-0.15, -0.1) is 0 Å². The van der Waals surface area contributed by atoms with Crippen LogP contribution in [-0.4, -0.2) is 71.3 Å². The van der Waals surface area contributed by atoms with Gasteiger partial charge in [0.15, 0.2) is 17.3 Å². The molecule has 0 amide bonds. The van der Waals surface area contributed by atoms with Gasteiger partial charge >= 0.3 is 7.82 Å². The summed E-state index contributed by atoms with van der Waals surface area (Å²) >= 11 is 0. The average Bonchev–Trinajstić information content (AvgIpc) is 2.82. The van der Waals surface area contributed by atoms with Crippen LogP contribution in [0.2, 0.25) is 0 Å². The molecule has 0 aliphatic carbocycles. The van der Waals surface area contributed by atoms with Crippen LogP contribution in [0.4, 0.5) is 0 Å². The summed E-state index contributed by atoms with van der Waals surface area (Å²) < 4.78 is 28.5. The first kappa shape index (κ1) is 33.1. The predicted molar refractivity (Wildman–Crippen MR) is 121 cm³/mol. The monoisotopic (exact) mass is 524 g/mol. The SMILES string of the molecule is CC=CC(=O)CC(COP(=O)(OCC(CC(=O)C=CC)OO)OCC(CC(=O)C=CC)OO)OO. The van der Waals surface area contributed by atoms with Crippen molar-refractivity contribution in [2.45, 2.75) is 58.3 Å². The van der Waals surface area contributed by atoms with E-state index in [1.165, 1.54) is 36.5 Å². The van der Waals surface area contributed by atoms with Crippen molar-refractivity contribution in [1.82, 2.24) is 0 Å². The van der Waals surface area contributed by atoms with Crippen molar-refractivity contribution in [3.8, 4) is 0 Å². The van der Waals surface area contributed by atoms with Crippen molar-refractivity contribution in [1.29, 1.82) is 0 Å². The summed E-state index contributed by atoms with van der Waals surface area (Å²) in [6, 6.07) is 0. The molecule has 0 aromatic carbocycles. The summed E-state index contributed by atoms with van der Waals surface area (Å²) in [5.74, 6) is -1.25. The van der Waals surface area contributed by atoms with Crippen LogP contribution in [-0.2, 0) is 47.2 Å². The fourth-order valence-electron chi connectivity index (χ4n) is 2.45. The molecule has 0 bridgehead atoms. The first-order chi connectivity index (χ1) is 16.7. The largest absolute Gasteiger partial charge is 0.475 e. The smallest absolute Gasteiger partial charge is 0.295 e. The quantitative estimate of drug-likeness (QED) is 0.0860. The van der Waals surface area contributed by atoms with Crippen LogP contribution in [0.1, 0.15) is 40.0 Å². The minimum absolute atomic E-state index is 0.332.